The highest BCUT2D eigenvalue weighted by atomic mass is 19.1. The number of aromatic amines is 1. The van der Waals surface area contributed by atoms with Crippen LogP contribution in [0.2, 0.25) is 0 Å². The lowest BCUT2D eigenvalue weighted by Crippen LogP contribution is -2.44. The summed E-state index contributed by atoms with van der Waals surface area (Å²) in [7, 11) is 2.07. The first-order chi connectivity index (χ1) is 13.9. The standard InChI is InChI=1S/C23H25FN4O/c1-15-13-18(24)21(28-11-9-27(3)10-12-28)14-20(15)25-16(2)22-17-7-5-4-6-8-19(17)26-23(22)29/h4-8,13-14H,9-12H2,1-3H3,(H,26,29)/b25-16+. The molecular formula is C23H25FN4O. The second-order valence-electron chi connectivity index (χ2n) is 7.64. The fraction of sp³-hybridized carbons (Fsp3) is 0.304. The van der Waals surface area contributed by atoms with Gasteiger partial charge in [0.2, 0.25) is 0 Å². The van der Waals surface area contributed by atoms with Gasteiger partial charge in [-0.05, 0) is 44.7 Å². The van der Waals surface area contributed by atoms with E-state index in [0.29, 0.717) is 22.6 Å². The van der Waals surface area contributed by atoms with Crippen molar-refractivity contribution in [3.63, 3.8) is 0 Å². The van der Waals surface area contributed by atoms with Gasteiger partial charge in [-0.15, -0.1) is 0 Å². The van der Waals surface area contributed by atoms with Gasteiger partial charge in [0.25, 0.3) is 5.56 Å². The van der Waals surface area contributed by atoms with Crippen LogP contribution in [0.15, 0.2) is 52.3 Å². The molecule has 0 unspecified atom stereocenters. The Balaban J connectivity index is 1.75. The Morgan fingerprint density at radius 2 is 1.83 bits per heavy atom. The van der Waals surface area contributed by atoms with Gasteiger partial charge in [0.05, 0.1) is 22.6 Å². The van der Waals surface area contributed by atoms with E-state index in [9.17, 15) is 9.18 Å². The predicted molar refractivity (Wildman–Crippen MR) is 116 cm³/mol. The van der Waals surface area contributed by atoms with E-state index in [-0.39, 0.29) is 11.4 Å². The second kappa shape index (κ2) is 7.79. The van der Waals surface area contributed by atoms with Crippen LogP contribution in [0.5, 0.6) is 0 Å². The van der Waals surface area contributed by atoms with Gasteiger partial charge in [-0.1, -0.05) is 24.3 Å². The number of anilines is 1. The molecule has 1 N–H and O–H groups in total. The average Bonchev–Trinajstić information content (AvgIpc) is 2.84. The Morgan fingerprint density at radius 1 is 1.10 bits per heavy atom. The fourth-order valence-electron chi connectivity index (χ4n) is 3.84. The Hall–Kier alpha value is -2.99. The number of benzene rings is 1. The molecule has 6 heteroatoms. The zero-order chi connectivity index (χ0) is 20.5. The summed E-state index contributed by atoms with van der Waals surface area (Å²) in [4.78, 5) is 24.5. The summed E-state index contributed by atoms with van der Waals surface area (Å²) in [6.45, 7) is 7.03. The lowest BCUT2D eigenvalue weighted by Gasteiger charge is -2.34. The molecule has 29 heavy (non-hydrogen) atoms. The van der Waals surface area contributed by atoms with Crippen LogP contribution >= 0.6 is 0 Å². The van der Waals surface area contributed by atoms with Crippen molar-refractivity contribution in [3.05, 3.63) is 69.8 Å². The van der Waals surface area contributed by atoms with Crippen LogP contribution in [0.4, 0.5) is 15.8 Å². The van der Waals surface area contributed by atoms with Crippen LogP contribution < -0.4 is 10.5 Å². The van der Waals surface area contributed by atoms with Gasteiger partial charge in [0.1, 0.15) is 5.82 Å². The summed E-state index contributed by atoms with van der Waals surface area (Å²) in [5, 5.41) is 0. The molecule has 0 saturated carbocycles. The third-order valence-corrected chi connectivity index (χ3v) is 5.54. The van der Waals surface area contributed by atoms with Crippen LogP contribution in [-0.4, -0.2) is 48.8 Å². The van der Waals surface area contributed by atoms with Crippen LogP contribution in [-0.2, 0) is 0 Å². The van der Waals surface area contributed by atoms with E-state index in [4.69, 9.17) is 4.99 Å². The number of likely N-dealkylation sites (N-methyl/N-ethyl adjacent to an activating group) is 1. The van der Waals surface area contributed by atoms with E-state index < -0.39 is 0 Å². The van der Waals surface area contributed by atoms with Gasteiger partial charge in [0, 0.05) is 37.4 Å². The van der Waals surface area contributed by atoms with Crippen molar-refractivity contribution in [2.45, 2.75) is 13.8 Å². The number of hydrogen-bond donors (Lipinski definition) is 1. The van der Waals surface area contributed by atoms with Crippen molar-refractivity contribution in [3.8, 4) is 11.3 Å². The van der Waals surface area contributed by atoms with Crippen LogP contribution in [0.3, 0.4) is 0 Å². The normalized spacial score (nSPS) is 15.9. The maximum atomic E-state index is 14.7. The number of nitrogens with zero attached hydrogens (tertiary/aromatic N) is 3. The number of aryl methyl sites for hydroxylation is 1. The molecule has 1 aliphatic carbocycles. The summed E-state index contributed by atoms with van der Waals surface area (Å²) in [6, 6.07) is 12.8. The maximum absolute atomic E-state index is 14.7. The summed E-state index contributed by atoms with van der Waals surface area (Å²) in [5.74, 6) is -0.229. The molecule has 2 aliphatic heterocycles. The molecule has 0 atom stereocenters. The van der Waals surface area contributed by atoms with Crippen molar-refractivity contribution in [1.29, 1.82) is 0 Å². The molecule has 0 spiro atoms. The van der Waals surface area contributed by atoms with Crippen molar-refractivity contribution in [2.75, 3.05) is 38.1 Å². The number of nitrogens with one attached hydrogen (secondary N) is 1. The minimum absolute atomic E-state index is 0.161. The highest BCUT2D eigenvalue weighted by Gasteiger charge is 2.20. The van der Waals surface area contributed by atoms with Crippen LogP contribution in [0, 0.1) is 12.7 Å². The zero-order valence-electron chi connectivity index (χ0n) is 17.0. The van der Waals surface area contributed by atoms with Gasteiger partial charge in [0.15, 0.2) is 0 Å². The summed E-state index contributed by atoms with van der Waals surface area (Å²) in [6.07, 6.45) is 0. The summed E-state index contributed by atoms with van der Waals surface area (Å²) >= 11 is 0. The quantitative estimate of drug-likeness (QED) is 0.690. The molecule has 150 valence electrons. The smallest absolute Gasteiger partial charge is 0.258 e. The van der Waals surface area contributed by atoms with E-state index in [1.165, 1.54) is 6.07 Å². The molecule has 4 rings (SSSR count). The number of piperazine rings is 1. The molecule has 1 saturated heterocycles. The van der Waals surface area contributed by atoms with Crippen molar-refractivity contribution in [2.24, 2.45) is 4.99 Å². The predicted octanol–water partition coefficient (Wildman–Crippen LogP) is 3.82. The molecule has 0 bridgehead atoms. The fourth-order valence-corrected chi connectivity index (χ4v) is 3.84. The zero-order valence-corrected chi connectivity index (χ0v) is 17.0. The third-order valence-electron chi connectivity index (χ3n) is 5.54. The number of halogens is 1. The number of fused-ring (bicyclic) bond motifs is 1. The van der Waals surface area contributed by atoms with Crippen molar-refractivity contribution in [1.82, 2.24) is 9.88 Å². The van der Waals surface area contributed by atoms with E-state index in [2.05, 4.69) is 21.8 Å². The number of aliphatic imine (C=N–C) groups is 1. The topological polar surface area (TPSA) is 51.7 Å². The lowest BCUT2D eigenvalue weighted by atomic mass is 10.1. The molecule has 5 nitrogen and oxygen atoms in total. The minimum atomic E-state index is -0.229. The Bertz CT molecular complexity index is 1100. The van der Waals surface area contributed by atoms with E-state index in [1.54, 1.807) is 6.07 Å². The highest BCUT2D eigenvalue weighted by Crippen LogP contribution is 2.31. The average molecular weight is 392 g/mol. The van der Waals surface area contributed by atoms with Gasteiger partial charge < -0.3 is 14.8 Å². The molecule has 1 aromatic rings. The van der Waals surface area contributed by atoms with E-state index in [0.717, 1.165) is 43.0 Å². The molecule has 0 amide bonds. The van der Waals surface area contributed by atoms with Gasteiger partial charge in [-0.25, -0.2) is 4.39 Å². The van der Waals surface area contributed by atoms with Crippen LogP contribution in [0.1, 0.15) is 18.1 Å². The molecule has 0 aromatic heterocycles. The molecule has 1 aromatic carbocycles. The number of rotatable bonds is 3. The Labute approximate surface area is 169 Å². The molecule has 2 heterocycles. The molecule has 1 fully saturated rings. The third kappa shape index (κ3) is 3.80. The monoisotopic (exact) mass is 392 g/mol. The SMILES string of the molecule is C/C(=N\c1cc(N2CCN(C)CC2)c(F)cc1C)c1c2cccccc-2[nH]c1=O. The Kier molecular flexibility index (Phi) is 5.20. The van der Waals surface area contributed by atoms with Crippen molar-refractivity contribution < 1.29 is 4.39 Å². The van der Waals surface area contributed by atoms with Crippen molar-refractivity contribution >= 4 is 17.1 Å². The number of H-pyrrole nitrogens is 1. The first kappa shape index (κ1) is 19.3. The largest absolute Gasteiger partial charge is 0.367 e. The summed E-state index contributed by atoms with van der Waals surface area (Å²) in [5.41, 5.74) is 4.63. The maximum Gasteiger partial charge on any atom is 0.258 e. The van der Waals surface area contributed by atoms with E-state index >= 15 is 0 Å². The number of hydrogen-bond acceptors (Lipinski definition) is 4. The van der Waals surface area contributed by atoms with Gasteiger partial charge in [-0.2, -0.15) is 0 Å². The first-order valence-electron chi connectivity index (χ1n) is 9.84. The summed E-state index contributed by atoms with van der Waals surface area (Å²) < 4.78 is 14.7. The second-order valence-corrected chi connectivity index (χ2v) is 7.64. The molecule has 3 aliphatic rings. The molecular weight excluding hydrogens is 367 g/mol. The number of aromatic nitrogens is 1. The minimum Gasteiger partial charge on any atom is -0.367 e. The highest BCUT2D eigenvalue weighted by molar-refractivity contribution is 6.05. The molecule has 0 radical (unpaired) electrons. The lowest BCUT2D eigenvalue weighted by molar-refractivity contribution is 0.311. The van der Waals surface area contributed by atoms with Gasteiger partial charge in [-0.3, -0.25) is 9.79 Å². The Morgan fingerprint density at radius 3 is 2.59 bits per heavy atom. The van der Waals surface area contributed by atoms with Crippen LogP contribution in [0.25, 0.3) is 11.3 Å². The first-order valence-corrected chi connectivity index (χ1v) is 9.84. The van der Waals surface area contributed by atoms with E-state index in [1.807, 2.05) is 44.2 Å². The van der Waals surface area contributed by atoms with Gasteiger partial charge >= 0.3 is 0 Å².